The van der Waals surface area contributed by atoms with Crippen molar-refractivity contribution in [2.45, 2.75) is 32.4 Å². The van der Waals surface area contributed by atoms with Gasteiger partial charge in [-0.05, 0) is 25.0 Å². The van der Waals surface area contributed by atoms with Gasteiger partial charge in [0.1, 0.15) is 0 Å². The molecule has 0 unspecified atom stereocenters. The Hall–Kier alpha value is -2.50. The predicted molar refractivity (Wildman–Crippen MR) is 87.6 cm³/mol. The molecule has 23 heavy (non-hydrogen) atoms. The van der Waals surface area contributed by atoms with Crippen LogP contribution in [0.5, 0.6) is 11.5 Å². The molecule has 0 aliphatic rings. The van der Waals surface area contributed by atoms with Crippen LogP contribution in [0.2, 0.25) is 0 Å². The summed E-state index contributed by atoms with van der Waals surface area (Å²) in [4.78, 5) is 16.2. The van der Waals surface area contributed by atoms with E-state index in [2.05, 4.69) is 10.3 Å². The average Bonchev–Trinajstić information content (AvgIpc) is 3.10. The second kappa shape index (κ2) is 8.82. The summed E-state index contributed by atoms with van der Waals surface area (Å²) < 4.78 is 13.0. The molecule has 1 N–H and O–H groups in total. The minimum atomic E-state index is -0.528. The number of aryl methyl sites for hydroxylation is 1. The first-order valence-corrected chi connectivity index (χ1v) is 7.77. The van der Waals surface area contributed by atoms with Gasteiger partial charge in [-0.25, -0.2) is 4.98 Å². The first kappa shape index (κ1) is 16.9. The van der Waals surface area contributed by atoms with Crippen LogP contribution in [0, 0.1) is 0 Å². The molecule has 1 aromatic heterocycles. The minimum absolute atomic E-state index is 0.107. The molecule has 124 valence electrons. The molecule has 2 rings (SSSR count). The van der Waals surface area contributed by atoms with Crippen molar-refractivity contribution in [1.82, 2.24) is 14.9 Å². The molecule has 0 bridgehead atoms. The van der Waals surface area contributed by atoms with Crippen LogP contribution in [-0.2, 0) is 11.3 Å². The molecular weight excluding hydrogens is 294 g/mol. The summed E-state index contributed by atoms with van der Waals surface area (Å²) in [7, 11) is 1.58. The highest BCUT2D eigenvalue weighted by Crippen LogP contribution is 2.27. The van der Waals surface area contributed by atoms with Crippen LogP contribution in [-0.4, -0.2) is 35.2 Å². The Kier molecular flexibility index (Phi) is 6.47. The van der Waals surface area contributed by atoms with Gasteiger partial charge in [0.2, 0.25) is 0 Å². The van der Waals surface area contributed by atoms with Crippen molar-refractivity contribution in [2.75, 3.05) is 13.7 Å². The van der Waals surface area contributed by atoms with E-state index in [1.165, 1.54) is 0 Å². The number of imidazole rings is 1. The van der Waals surface area contributed by atoms with E-state index >= 15 is 0 Å². The third-order valence-electron chi connectivity index (χ3n) is 3.45. The van der Waals surface area contributed by atoms with E-state index in [0.717, 1.165) is 13.0 Å². The third kappa shape index (κ3) is 5.02. The number of carbonyl (C=O) groups excluding carboxylic acids is 1. The topological polar surface area (TPSA) is 65.4 Å². The summed E-state index contributed by atoms with van der Waals surface area (Å²) in [6.45, 7) is 3.35. The van der Waals surface area contributed by atoms with Crippen LogP contribution in [0.3, 0.4) is 0 Å². The van der Waals surface area contributed by atoms with Gasteiger partial charge in [-0.1, -0.05) is 19.1 Å². The zero-order valence-electron chi connectivity index (χ0n) is 13.6. The molecule has 0 spiro atoms. The van der Waals surface area contributed by atoms with Gasteiger partial charge in [-0.3, -0.25) is 4.79 Å². The van der Waals surface area contributed by atoms with Gasteiger partial charge in [0.25, 0.3) is 5.91 Å². The molecule has 0 saturated heterocycles. The summed E-state index contributed by atoms with van der Waals surface area (Å²) in [6.07, 6.45) is 6.31. The summed E-state index contributed by atoms with van der Waals surface area (Å²) in [5.41, 5.74) is 0. The van der Waals surface area contributed by atoms with E-state index in [9.17, 15) is 4.79 Å². The number of methoxy groups -OCH3 is 1. The first-order chi connectivity index (χ1) is 11.2. The Morgan fingerprint density at radius 2 is 2.13 bits per heavy atom. The van der Waals surface area contributed by atoms with Crippen molar-refractivity contribution >= 4 is 5.91 Å². The Labute approximate surface area is 136 Å². The van der Waals surface area contributed by atoms with Gasteiger partial charge in [0.05, 0.1) is 13.4 Å². The molecule has 6 nitrogen and oxygen atoms in total. The lowest BCUT2D eigenvalue weighted by molar-refractivity contribution is -0.128. The van der Waals surface area contributed by atoms with Crippen molar-refractivity contribution in [1.29, 1.82) is 0 Å². The zero-order valence-corrected chi connectivity index (χ0v) is 13.6. The second-order valence-corrected chi connectivity index (χ2v) is 5.11. The lowest BCUT2D eigenvalue weighted by Crippen LogP contribution is -2.38. The fourth-order valence-corrected chi connectivity index (χ4v) is 2.20. The molecule has 0 fully saturated rings. The molecule has 1 atom stereocenters. The van der Waals surface area contributed by atoms with Crippen molar-refractivity contribution in [3.8, 4) is 11.5 Å². The number of para-hydroxylation sites is 2. The largest absolute Gasteiger partial charge is 0.493 e. The number of hydrogen-bond acceptors (Lipinski definition) is 4. The number of carbonyl (C=O) groups is 1. The van der Waals surface area contributed by atoms with Crippen molar-refractivity contribution in [3.05, 3.63) is 43.0 Å². The predicted octanol–water partition coefficient (Wildman–Crippen LogP) is 2.26. The number of ether oxygens (including phenoxy) is 2. The second-order valence-electron chi connectivity index (χ2n) is 5.11. The van der Waals surface area contributed by atoms with Gasteiger partial charge in [-0.2, -0.15) is 0 Å². The standard InChI is InChI=1S/C17H23N3O3/c1-3-14(23-16-8-5-4-7-15(16)22-2)17(21)19-9-6-11-20-12-10-18-13-20/h4-5,7-8,10,12-14H,3,6,9,11H2,1-2H3,(H,19,21)/t14-/m0/s1. The minimum Gasteiger partial charge on any atom is -0.493 e. The Morgan fingerprint density at radius 3 is 2.78 bits per heavy atom. The van der Waals surface area contributed by atoms with Crippen LogP contribution < -0.4 is 14.8 Å². The van der Waals surface area contributed by atoms with E-state index in [-0.39, 0.29) is 5.91 Å². The van der Waals surface area contributed by atoms with E-state index in [0.29, 0.717) is 24.5 Å². The molecule has 1 aromatic carbocycles. The van der Waals surface area contributed by atoms with Gasteiger partial charge in [0.15, 0.2) is 17.6 Å². The quantitative estimate of drug-likeness (QED) is 0.721. The summed E-state index contributed by atoms with van der Waals surface area (Å²) in [5.74, 6) is 1.10. The lowest BCUT2D eigenvalue weighted by atomic mass is 10.2. The van der Waals surface area contributed by atoms with Gasteiger partial charge in [-0.15, -0.1) is 0 Å². The van der Waals surface area contributed by atoms with Crippen LogP contribution in [0.25, 0.3) is 0 Å². The fraction of sp³-hybridized carbons (Fsp3) is 0.412. The molecule has 1 amide bonds. The number of aromatic nitrogens is 2. The number of amides is 1. The number of rotatable bonds is 9. The normalized spacial score (nSPS) is 11.7. The maximum absolute atomic E-state index is 12.2. The SMILES string of the molecule is CC[C@H](Oc1ccccc1OC)C(=O)NCCCn1ccnc1. The average molecular weight is 317 g/mol. The highest BCUT2D eigenvalue weighted by Gasteiger charge is 2.19. The highest BCUT2D eigenvalue weighted by atomic mass is 16.5. The number of nitrogens with zero attached hydrogens (tertiary/aromatic N) is 2. The Morgan fingerprint density at radius 1 is 1.35 bits per heavy atom. The Bertz CT molecular complexity index is 599. The zero-order chi connectivity index (χ0) is 16.5. The monoisotopic (exact) mass is 317 g/mol. The molecule has 2 aromatic rings. The van der Waals surface area contributed by atoms with Gasteiger partial charge in [0, 0.05) is 25.5 Å². The maximum atomic E-state index is 12.2. The van der Waals surface area contributed by atoms with Crippen LogP contribution in [0.15, 0.2) is 43.0 Å². The molecule has 6 heteroatoms. The van der Waals surface area contributed by atoms with Gasteiger partial charge < -0.3 is 19.4 Å². The summed E-state index contributed by atoms with van der Waals surface area (Å²) >= 11 is 0. The fourth-order valence-electron chi connectivity index (χ4n) is 2.20. The smallest absolute Gasteiger partial charge is 0.261 e. The van der Waals surface area contributed by atoms with Crippen molar-refractivity contribution in [3.63, 3.8) is 0 Å². The third-order valence-corrected chi connectivity index (χ3v) is 3.45. The lowest BCUT2D eigenvalue weighted by Gasteiger charge is -2.18. The van der Waals surface area contributed by atoms with Crippen molar-refractivity contribution in [2.24, 2.45) is 0 Å². The molecule has 1 heterocycles. The number of nitrogens with one attached hydrogen (secondary N) is 1. The number of benzene rings is 1. The van der Waals surface area contributed by atoms with E-state index < -0.39 is 6.10 Å². The highest BCUT2D eigenvalue weighted by molar-refractivity contribution is 5.81. The van der Waals surface area contributed by atoms with E-state index in [4.69, 9.17) is 9.47 Å². The molecular formula is C17H23N3O3. The summed E-state index contributed by atoms with van der Waals surface area (Å²) in [6, 6.07) is 7.33. The maximum Gasteiger partial charge on any atom is 0.261 e. The number of hydrogen-bond donors (Lipinski definition) is 1. The summed E-state index contributed by atoms with van der Waals surface area (Å²) in [5, 5.41) is 2.92. The van der Waals surface area contributed by atoms with E-state index in [1.807, 2.05) is 35.9 Å². The van der Waals surface area contributed by atoms with Crippen LogP contribution in [0.4, 0.5) is 0 Å². The van der Waals surface area contributed by atoms with Crippen molar-refractivity contribution < 1.29 is 14.3 Å². The molecule has 0 aliphatic heterocycles. The molecule has 0 radical (unpaired) electrons. The van der Waals surface area contributed by atoms with E-state index in [1.54, 1.807) is 25.7 Å². The van der Waals surface area contributed by atoms with Crippen LogP contribution in [0.1, 0.15) is 19.8 Å². The molecule has 0 aliphatic carbocycles. The Balaban J connectivity index is 1.81. The van der Waals surface area contributed by atoms with Gasteiger partial charge >= 0.3 is 0 Å². The van der Waals surface area contributed by atoms with Crippen LogP contribution >= 0.6 is 0 Å². The molecule has 0 saturated carbocycles. The first-order valence-electron chi connectivity index (χ1n) is 7.77.